The van der Waals surface area contributed by atoms with E-state index in [0.717, 1.165) is 6.07 Å². The summed E-state index contributed by atoms with van der Waals surface area (Å²) in [6.45, 7) is 3.07. The van der Waals surface area contributed by atoms with Gasteiger partial charge in [-0.2, -0.15) is 13.2 Å². The fourth-order valence-corrected chi connectivity index (χ4v) is 6.30. The second-order valence-corrected chi connectivity index (χ2v) is 11.1. The number of amides is 1. The number of benzene rings is 2. The number of halogens is 3. The van der Waals surface area contributed by atoms with Crippen molar-refractivity contribution in [3.05, 3.63) is 65.7 Å². The van der Waals surface area contributed by atoms with Crippen molar-refractivity contribution >= 4 is 21.4 Å². The average molecular weight is 496 g/mol. The number of hydrogen-bond acceptors (Lipinski definition) is 5. The molecule has 0 radical (unpaired) electrons. The highest BCUT2D eigenvalue weighted by Crippen LogP contribution is 2.30. The van der Waals surface area contributed by atoms with Gasteiger partial charge in [0.1, 0.15) is 0 Å². The Bertz CT molecular complexity index is 1100. The summed E-state index contributed by atoms with van der Waals surface area (Å²) in [5, 5.41) is 0. The minimum atomic E-state index is -4.36. The quantitative estimate of drug-likeness (QED) is 0.617. The predicted octanol–water partition coefficient (Wildman–Crippen LogP) is 3.04. The zero-order valence-electron chi connectivity index (χ0n) is 18.7. The van der Waals surface area contributed by atoms with Crippen LogP contribution in [0.15, 0.2) is 54.6 Å². The third-order valence-corrected chi connectivity index (χ3v) is 8.11. The monoisotopic (exact) mass is 495 g/mol. The minimum absolute atomic E-state index is 0.0294. The number of carbonyl (C=O) groups excluding carboxylic acids is 1. The van der Waals surface area contributed by atoms with Gasteiger partial charge in [-0.1, -0.05) is 36.4 Å². The van der Waals surface area contributed by atoms with Gasteiger partial charge in [-0.15, -0.1) is 0 Å². The second-order valence-electron chi connectivity index (χ2n) is 8.91. The second kappa shape index (κ2) is 10.1. The van der Waals surface area contributed by atoms with Crippen LogP contribution in [-0.4, -0.2) is 74.4 Å². The topological polar surface area (TPSA) is 60.9 Å². The molecule has 2 saturated heterocycles. The molecule has 2 heterocycles. The number of rotatable bonds is 6. The largest absolute Gasteiger partial charge is 0.416 e. The van der Waals surface area contributed by atoms with E-state index in [2.05, 4.69) is 4.90 Å². The first-order valence-corrected chi connectivity index (χ1v) is 13.1. The first-order valence-electron chi connectivity index (χ1n) is 11.3. The molecule has 2 aliphatic rings. The normalized spacial score (nSPS) is 21.4. The first kappa shape index (κ1) is 24.7. The molecule has 2 aromatic rings. The van der Waals surface area contributed by atoms with Crippen molar-refractivity contribution < 1.29 is 26.4 Å². The molecule has 10 heteroatoms. The number of carbonyl (C=O) groups is 1. The SMILES string of the molecule is O=C(CN1CCN(Cc2cccc(C(F)(F)F)c2)CC1)N(c1ccccc1)C1CCS(=O)(=O)C1. The number of sulfone groups is 1. The highest BCUT2D eigenvalue weighted by molar-refractivity contribution is 7.91. The summed E-state index contributed by atoms with van der Waals surface area (Å²) in [5.41, 5.74) is 0.652. The molecule has 6 nitrogen and oxygen atoms in total. The third kappa shape index (κ3) is 6.17. The Morgan fingerprint density at radius 3 is 2.26 bits per heavy atom. The Morgan fingerprint density at radius 1 is 0.971 bits per heavy atom. The number of para-hydroxylation sites is 1. The van der Waals surface area contributed by atoms with Crippen LogP contribution in [-0.2, 0) is 27.4 Å². The number of alkyl halides is 3. The van der Waals surface area contributed by atoms with Gasteiger partial charge in [-0.05, 0) is 30.2 Å². The molecule has 2 aliphatic heterocycles. The number of nitrogens with zero attached hydrogens (tertiary/aromatic N) is 3. The maximum atomic E-state index is 13.3. The molecule has 0 N–H and O–H groups in total. The van der Waals surface area contributed by atoms with Crippen LogP contribution >= 0.6 is 0 Å². The lowest BCUT2D eigenvalue weighted by Crippen LogP contribution is -2.51. The highest BCUT2D eigenvalue weighted by Gasteiger charge is 2.36. The molecule has 184 valence electrons. The van der Waals surface area contributed by atoms with E-state index in [1.807, 2.05) is 35.2 Å². The highest BCUT2D eigenvalue weighted by atomic mass is 32.2. The fourth-order valence-electron chi connectivity index (χ4n) is 4.60. The van der Waals surface area contributed by atoms with E-state index in [4.69, 9.17) is 0 Å². The number of hydrogen-bond donors (Lipinski definition) is 0. The molecule has 0 spiro atoms. The van der Waals surface area contributed by atoms with Crippen molar-refractivity contribution in [3.63, 3.8) is 0 Å². The first-order chi connectivity index (χ1) is 16.1. The van der Waals surface area contributed by atoms with E-state index in [0.29, 0.717) is 50.4 Å². The van der Waals surface area contributed by atoms with Crippen LogP contribution in [0.1, 0.15) is 17.5 Å². The Balaban J connectivity index is 1.36. The van der Waals surface area contributed by atoms with Crippen LogP contribution in [0.4, 0.5) is 18.9 Å². The smallest absolute Gasteiger partial charge is 0.307 e. The number of piperazine rings is 1. The molecule has 1 unspecified atom stereocenters. The Labute approximate surface area is 197 Å². The van der Waals surface area contributed by atoms with E-state index in [9.17, 15) is 26.4 Å². The van der Waals surface area contributed by atoms with Crippen molar-refractivity contribution in [3.8, 4) is 0 Å². The van der Waals surface area contributed by atoms with E-state index >= 15 is 0 Å². The Kier molecular flexibility index (Phi) is 7.30. The molecule has 0 aromatic heterocycles. The zero-order chi connectivity index (χ0) is 24.3. The summed E-state index contributed by atoms with van der Waals surface area (Å²) in [6.07, 6.45) is -3.94. The lowest BCUT2D eigenvalue weighted by Gasteiger charge is -2.36. The molecule has 0 saturated carbocycles. The average Bonchev–Trinajstić information content (AvgIpc) is 3.14. The maximum Gasteiger partial charge on any atom is 0.416 e. The van der Waals surface area contributed by atoms with Crippen LogP contribution in [0.3, 0.4) is 0 Å². The molecular weight excluding hydrogens is 467 g/mol. The van der Waals surface area contributed by atoms with E-state index in [1.54, 1.807) is 11.0 Å². The van der Waals surface area contributed by atoms with Crippen molar-refractivity contribution in [1.82, 2.24) is 9.80 Å². The summed E-state index contributed by atoms with van der Waals surface area (Å²) in [6, 6.07) is 14.1. The maximum absolute atomic E-state index is 13.3. The van der Waals surface area contributed by atoms with E-state index in [1.165, 1.54) is 12.1 Å². The summed E-state index contributed by atoms with van der Waals surface area (Å²) in [5.74, 6) is -0.0828. The van der Waals surface area contributed by atoms with Crippen LogP contribution in [0.2, 0.25) is 0 Å². The van der Waals surface area contributed by atoms with Crippen LogP contribution in [0.5, 0.6) is 0 Å². The zero-order valence-corrected chi connectivity index (χ0v) is 19.6. The van der Waals surface area contributed by atoms with Gasteiger partial charge in [-0.25, -0.2) is 8.42 Å². The predicted molar refractivity (Wildman–Crippen MR) is 124 cm³/mol. The molecule has 4 rings (SSSR count). The Morgan fingerprint density at radius 2 is 1.65 bits per heavy atom. The van der Waals surface area contributed by atoms with Gasteiger partial charge in [0.15, 0.2) is 9.84 Å². The molecule has 2 aromatic carbocycles. The summed E-state index contributed by atoms with van der Waals surface area (Å²) in [4.78, 5) is 19.0. The fraction of sp³-hybridized carbons (Fsp3) is 0.458. The van der Waals surface area contributed by atoms with E-state index in [-0.39, 0.29) is 30.0 Å². The van der Waals surface area contributed by atoms with Crippen molar-refractivity contribution in [1.29, 1.82) is 0 Å². The van der Waals surface area contributed by atoms with Crippen molar-refractivity contribution in [2.24, 2.45) is 0 Å². The molecular formula is C24H28F3N3O3S. The lowest BCUT2D eigenvalue weighted by molar-refractivity contribution is -0.137. The molecule has 34 heavy (non-hydrogen) atoms. The van der Waals surface area contributed by atoms with Crippen LogP contribution < -0.4 is 4.90 Å². The third-order valence-electron chi connectivity index (χ3n) is 6.36. The van der Waals surface area contributed by atoms with Gasteiger partial charge in [0, 0.05) is 38.4 Å². The molecule has 0 aliphatic carbocycles. The van der Waals surface area contributed by atoms with Crippen molar-refractivity contribution in [2.45, 2.75) is 25.2 Å². The van der Waals surface area contributed by atoms with Gasteiger partial charge in [-0.3, -0.25) is 14.6 Å². The van der Waals surface area contributed by atoms with Gasteiger partial charge < -0.3 is 4.90 Å². The van der Waals surface area contributed by atoms with Gasteiger partial charge >= 0.3 is 6.18 Å². The van der Waals surface area contributed by atoms with Crippen LogP contribution in [0.25, 0.3) is 0 Å². The standard InChI is InChI=1S/C24H28F3N3O3S/c25-24(26,27)20-6-4-5-19(15-20)16-28-10-12-29(13-11-28)17-23(31)30(21-7-2-1-3-8-21)22-9-14-34(32,33)18-22/h1-8,15,22H,9-14,16-18H2. The summed E-state index contributed by atoms with van der Waals surface area (Å²) in [7, 11) is -3.15. The van der Waals surface area contributed by atoms with Crippen molar-refractivity contribution in [2.75, 3.05) is 49.1 Å². The molecule has 2 fully saturated rings. The summed E-state index contributed by atoms with van der Waals surface area (Å²) >= 11 is 0. The Hall–Kier alpha value is -2.43. The minimum Gasteiger partial charge on any atom is -0.307 e. The van der Waals surface area contributed by atoms with Crippen LogP contribution in [0, 0.1) is 0 Å². The van der Waals surface area contributed by atoms with Gasteiger partial charge in [0.2, 0.25) is 5.91 Å². The number of anilines is 1. The molecule has 1 atom stereocenters. The van der Waals surface area contributed by atoms with Gasteiger partial charge in [0.05, 0.1) is 29.7 Å². The lowest BCUT2D eigenvalue weighted by atomic mass is 10.1. The molecule has 1 amide bonds. The molecule has 0 bridgehead atoms. The van der Waals surface area contributed by atoms with E-state index < -0.39 is 21.6 Å². The van der Waals surface area contributed by atoms with Gasteiger partial charge in [0.25, 0.3) is 0 Å². The summed E-state index contributed by atoms with van der Waals surface area (Å²) < 4.78 is 63.0.